The molecule has 0 saturated heterocycles. The molecule has 0 atom stereocenters. The first-order chi connectivity index (χ1) is 14.4. The van der Waals surface area contributed by atoms with Gasteiger partial charge in [-0.1, -0.05) is 6.07 Å². The van der Waals surface area contributed by atoms with Crippen LogP contribution in [0.4, 0.5) is 11.4 Å². The van der Waals surface area contributed by atoms with Crippen molar-refractivity contribution in [3.05, 3.63) is 89.2 Å². The number of benzene rings is 2. The Labute approximate surface area is 171 Å². The predicted molar refractivity (Wildman–Crippen MR) is 109 cm³/mol. The van der Waals surface area contributed by atoms with Gasteiger partial charge in [0.15, 0.2) is 0 Å². The largest absolute Gasteiger partial charge is 0.322 e. The molecule has 2 aromatic carbocycles. The van der Waals surface area contributed by atoms with Crippen LogP contribution in [0.3, 0.4) is 0 Å². The van der Waals surface area contributed by atoms with E-state index in [1.807, 2.05) is 0 Å². The molecule has 8 nitrogen and oxygen atoms in total. The molecule has 4 amide bonds. The van der Waals surface area contributed by atoms with Gasteiger partial charge in [-0.2, -0.15) is 0 Å². The number of aromatic nitrogens is 1. The van der Waals surface area contributed by atoms with Crippen molar-refractivity contribution in [1.82, 2.24) is 9.88 Å². The normalized spacial score (nSPS) is 12.5. The molecule has 3 aromatic rings. The molecule has 1 aromatic heterocycles. The van der Waals surface area contributed by atoms with Gasteiger partial charge in [-0.25, -0.2) is 0 Å². The van der Waals surface area contributed by atoms with Gasteiger partial charge in [0.1, 0.15) is 0 Å². The van der Waals surface area contributed by atoms with Gasteiger partial charge in [-0.3, -0.25) is 29.1 Å². The van der Waals surface area contributed by atoms with Crippen LogP contribution < -0.4 is 10.6 Å². The summed E-state index contributed by atoms with van der Waals surface area (Å²) < 4.78 is 0. The molecule has 2 heterocycles. The highest BCUT2D eigenvalue weighted by molar-refractivity contribution is 6.22. The molecule has 30 heavy (non-hydrogen) atoms. The minimum absolute atomic E-state index is 0.202. The van der Waals surface area contributed by atoms with Gasteiger partial charge in [0.2, 0.25) is 0 Å². The highest BCUT2D eigenvalue weighted by atomic mass is 16.2. The lowest BCUT2D eigenvalue weighted by molar-refractivity contribution is 0.0692. The van der Waals surface area contributed by atoms with E-state index >= 15 is 0 Å². The minimum atomic E-state index is -0.440. The van der Waals surface area contributed by atoms with Crippen molar-refractivity contribution < 1.29 is 19.2 Å². The fraction of sp³-hybridized carbons (Fsp3) is 0.0455. The number of carbonyl (C=O) groups is 4. The topological polar surface area (TPSA) is 108 Å². The van der Waals surface area contributed by atoms with Gasteiger partial charge >= 0.3 is 0 Å². The Morgan fingerprint density at radius 1 is 0.767 bits per heavy atom. The molecule has 1 aliphatic heterocycles. The lowest BCUT2D eigenvalue weighted by atomic mass is 10.1. The van der Waals surface area contributed by atoms with E-state index in [1.165, 1.54) is 37.6 Å². The summed E-state index contributed by atoms with van der Waals surface area (Å²) in [5.41, 5.74) is 2.16. The van der Waals surface area contributed by atoms with Gasteiger partial charge < -0.3 is 10.6 Å². The van der Waals surface area contributed by atoms with E-state index in [2.05, 4.69) is 15.6 Å². The van der Waals surface area contributed by atoms with Gasteiger partial charge in [0, 0.05) is 41.9 Å². The standard InChI is InChI=1S/C22H16N4O4/c1-26-21(29)17-6-5-14(11-18(17)22(26)30)20(28)25-16-4-2-3-15(12-16)24-19(27)13-7-9-23-10-8-13/h2-12H,1H3,(H,24,27)(H,25,28). The first-order valence-corrected chi connectivity index (χ1v) is 9.03. The number of rotatable bonds is 4. The zero-order valence-corrected chi connectivity index (χ0v) is 15.9. The molecular formula is C22H16N4O4. The maximum Gasteiger partial charge on any atom is 0.261 e. The average molecular weight is 400 g/mol. The van der Waals surface area contributed by atoms with Crippen molar-refractivity contribution in [3.8, 4) is 0 Å². The first-order valence-electron chi connectivity index (χ1n) is 9.03. The highest BCUT2D eigenvalue weighted by Gasteiger charge is 2.33. The van der Waals surface area contributed by atoms with Crippen LogP contribution in [-0.2, 0) is 0 Å². The zero-order valence-electron chi connectivity index (χ0n) is 15.9. The van der Waals surface area contributed by atoms with Crippen molar-refractivity contribution >= 4 is 35.0 Å². The number of nitrogens with zero attached hydrogens (tertiary/aromatic N) is 2. The number of nitrogens with one attached hydrogen (secondary N) is 2. The fourth-order valence-corrected chi connectivity index (χ4v) is 3.09. The fourth-order valence-electron chi connectivity index (χ4n) is 3.09. The zero-order chi connectivity index (χ0) is 21.3. The number of hydrogen-bond donors (Lipinski definition) is 2. The Hall–Kier alpha value is -4.33. The second kappa shape index (κ2) is 7.59. The summed E-state index contributed by atoms with van der Waals surface area (Å²) in [5.74, 6) is -1.57. The first kappa shape index (κ1) is 19.0. The molecular weight excluding hydrogens is 384 g/mol. The van der Waals surface area contributed by atoms with Crippen molar-refractivity contribution in [1.29, 1.82) is 0 Å². The third-order valence-corrected chi connectivity index (χ3v) is 4.67. The Kier molecular flexibility index (Phi) is 4.81. The summed E-state index contributed by atoms with van der Waals surface area (Å²) in [6.45, 7) is 0. The highest BCUT2D eigenvalue weighted by Crippen LogP contribution is 2.23. The number of amides is 4. The quantitative estimate of drug-likeness (QED) is 0.655. The maximum atomic E-state index is 12.6. The van der Waals surface area contributed by atoms with E-state index in [0.717, 1.165) is 4.90 Å². The lowest BCUT2D eigenvalue weighted by Gasteiger charge is -2.09. The second-order valence-corrected chi connectivity index (χ2v) is 6.65. The van der Waals surface area contributed by atoms with E-state index in [4.69, 9.17) is 0 Å². The number of anilines is 2. The number of imide groups is 1. The van der Waals surface area contributed by atoms with Crippen LogP contribution in [-0.4, -0.2) is 40.6 Å². The Morgan fingerprint density at radius 3 is 2.03 bits per heavy atom. The van der Waals surface area contributed by atoms with Crippen LogP contribution in [0.25, 0.3) is 0 Å². The molecule has 8 heteroatoms. The summed E-state index contributed by atoms with van der Waals surface area (Å²) in [6, 6.07) is 14.2. The monoisotopic (exact) mass is 400 g/mol. The Morgan fingerprint density at radius 2 is 1.37 bits per heavy atom. The van der Waals surface area contributed by atoms with Crippen molar-refractivity contribution in [2.75, 3.05) is 17.7 Å². The van der Waals surface area contributed by atoms with Gasteiger partial charge in [0.05, 0.1) is 11.1 Å². The molecule has 0 unspecified atom stereocenters. The number of fused-ring (bicyclic) bond motifs is 1. The third-order valence-electron chi connectivity index (χ3n) is 4.67. The van der Waals surface area contributed by atoms with Crippen LogP contribution in [0.15, 0.2) is 67.0 Å². The maximum absolute atomic E-state index is 12.6. The number of carbonyl (C=O) groups excluding carboxylic acids is 4. The summed E-state index contributed by atoms with van der Waals surface area (Å²) in [7, 11) is 1.40. The average Bonchev–Trinajstić information content (AvgIpc) is 2.98. The van der Waals surface area contributed by atoms with Crippen LogP contribution >= 0.6 is 0 Å². The van der Waals surface area contributed by atoms with Gasteiger partial charge in [-0.05, 0) is 48.5 Å². The molecule has 0 spiro atoms. The van der Waals surface area contributed by atoms with Crippen LogP contribution in [0.1, 0.15) is 41.4 Å². The minimum Gasteiger partial charge on any atom is -0.322 e. The Balaban J connectivity index is 1.50. The van der Waals surface area contributed by atoms with Crippen molar-refractivity contribution in [2.24, 2.45) is 0 Å². The van der Waals surface area contributed by atoms with Crippen molar-refractivity contribution in [2.45, 2.75) is 0 Å². The summed E-state index contributed by atoms with van der Waals surface area (Å²) in [4.78, 5) is 53.9. The van der Waals surface area contributed by atoms with Crippen LogP contribution in [0, 0.1) is 0 Å². The summed E-state index contributed by atoms with van der Waals surface area (Å²) >= 11 is 0. The molecule has 2 N–H and O–H groups in total. The molecule has 0 saturated carbocycles. The van der Waals surface area contributed by atoms with E-state index in [9.17, 15) is 19.2 Å². The Bertz CT molecular complexity index is 1190. The smallest absolute Gasteiger partial charge is 0.261 e. The molecule has 0 fully saturated rings. The number of pyridine rings is 1. The van der Waals surface area contributed by atoms with Crippen molar-refractivity contribution in [3.63, 3.8) is 0 Å². The molecule has 0 radical (unpaired) electrons. The molecule has 1 aliphatic rings. The molecule has 0 aliphatic carbocycles. The van der Waals surface area contributed by atoms with Gasteiger partial charge in [0.25, 0.3) is 23.6 Å². The third kappa shape index (κ3) is 3.53. The SMILES string of the molecule is CN1C(=O)c2ccc(C(=O)Nc3cccc(NC(=O)c4ccncc4)c3)cc2C1=O. The van der Waals surface area contributed by atoms with Gasteiger partial charge in [-0.15, -0.1) is 0 Å². The number of hydrogen-bond acceptors (Lipinski definition) is 5. The predicted octanol–water partition coefficient (Wildman–Crippen LogP) is 2.81. The van der Waals surface area contributed by atoms with E-state index in [0.29, 0.717) is 16.9 Å². The summed E-state index contributed by atoms with van der Waals surface area (Å²) in [5, 5.41) is 5.49. The lowest BCUT2D eigenvalue weighted by Crippen LogP contribution is -2.24. The van der Waals surface area contributed by atoms with E-state index < -0.39 is 11.8 Å². The molecule has 148 valence electrons. The van der Waals surface area contributed by atoms with E-state index in [-0.39, 0.29) is 28.5 Å². The molecule has 0 bridgehead atoms. The van der Waals surface area contributed by atoms with E-state index in [1.54, 1.807) is 36.4 Å². The van der Waals surface area contributed by atoms with Crippen LogP contribution in [0.5, 0.6) is 0 Å². The second-order valence-electron chi connectivity index (χ2n) is 6.65. The summed E-state index contributed by atoms with van der Waals surface area (Å²) in [6.07, 6.45) is 3.05. The molecule has 4 rings (SSSR count). The van der Waals surface area contributed by atoms with Crippen LogP contribution in [0.2, 0.25) is 0 Å².